The highest BCUT2D eigenvalue weighted by Gasteiger charge is 2.15. The summed E-state index contributed by atoms with van der Waals surface area (Å²) in [6, 6.07) is 11.9. The van der Waals surface area contributed by atoms with E-state index in [0.29, 0.717) is 13.1 Å². The van der Waals surface area contributed by atoms with Gasteiger partial charge in [0.05, 0.1) is 13.7 Å². The molecular weight excluding hydrogens is 408 g/mol. The first-order valence-corrected chi connectivity index (χ1v) is 9.83. The standard InChI is InChI=1S/C22H27F2N3O4/c1-4-27(17-7-5-6-15(2)12-17)11-10-25-20(28)14-26-21(29)16-8-9-18(31-22(23)24)19(13-16)30-3/h5-9,12-13,22H,4,10-11,14H2,1-3H3,(H,25,28)(H,26,29). The lowest BCUT2D eigenvalue weighted by molar-refractivity contribution is -0.120. The first-order valence-electron chi connectivity index (χ1n) is 9.83. The summed E-state index contributed by atoms with van der Waals surface area (Å²) in [6.45, 7) is 2.68. The number of anilines is 1. The van der Waals surface area contributed by atoms with Gasteiger partial charge in [-0.3, -0.25) is 9.59 Å². The molecule has 0 aliphatic rings. The number of hydrogen-bond donors (Lipinski definition) is 2. The summed E-state index contributed by atoms with van der Waals surface area (Å²) in [6.07, 6.45) is 0. The van der Waals surface area contributed by atoms with Gasteiger partial charge in [0.25, 0.3) is 5.91 Å². The van der Waals surface area contributed by atoms with E-state index in [1.54, 1.807) is 0 Å². The van der Waals surface area contributed by atoms with Crippen molar-refractivity contribution in [1.82, 2.24) is 10.6 Å². The number of aryl methyl sites for hydroxylation is 1. The topological polar surface area (TPSA) is 79.9 Å². The fourth-order valence-corrected chi connectivity index (χ4v) is 2.95. The van der Waals surface area contributed by atoms with E-state index in [9.17, 15) is 18.4 Å². The van der Waals surface area contributed by atoms with Gasteiger partial charge in [0.15, 0.2) is 11.5 Å². The van der Waals surface area contributed by atoms with Gasteiger partial charge in [-0.05, 0) is 49.7 Å². The summed E-state index contributed by atoms with van der Waals surface area (Å²) in [5.41, 5.74) is 2.40. The lowest BCUT2D eigenvalue weighted by Crippen LogP contribution is -2.40. The number of amides is 2. The smallest absolute Gasteiger partial charge is 0.387 e. The highest BCUT2D eigenvalue weighted by molar-refractivity contribution is 5.97. The Labute approximate surface area is 180 Å². The molecule has 7 nitrogen and oxygen atoms in total. The number of carbonyl (C=O) groups excluding carboxylic acids is 2. The maximum absolute atomic E-state index is 12.4. The van der Waals surface area contributed by atoms with Gasteiger partial charge < -0.3 is 25.0 Å². The van der Waals surface area contributed by atoms with E-state index >= 15 is 0 Å². The zero-order valence-electron chi connectivity index (χ0n) is 17.8. The number of ether oxygens (including phenoxy) is 2. The van der Waals surface area contributed by atoms with Gasteiger partial charge in [0, 0.05) is 30.9 Å². The van der Waals surface area contributed by atoms with E-state index < -0.39 is 12.5 Å². The van der Waals surface area contributed by atoms with Crippen molar-refractivity contribution in [3.63, 3.8) is 0 Å². The molecule has 2 amide bonds. The number of hydrogen-bond acceptors (Lipinski definition) is 5. The molecule has 2 aromatic rings. The molecule has 9 heteroatoms. The molecule has 0 fully saturated rings. The predicted octanol–water partition coefficient (Wildman–Crippen LogP) is 2.98. The zero-order chi connectivity index (χ0) is 22.8. The first-order chi connectivity index (χ1) is 14.8. The second-order valence-corrected chi connectivity index (χ2v) is 6.70. The molecule has 0 radical (unpaired) electrons. The van der Waals surface area contributed by atoms with Crippen LogP contribution in [0, 0.1) is 6.92 Å². The Morgan fingerprint density at radius 2 is 1.87 bits per heavy atom. The van der Waals surface area contributed by atoms with Crippen molar-refractivity contribution in [1.29, 1.82) is 0 Å². The molecule has 0 bridgehead atoms. The Kier molecular flexibility index (Phi) is 9.05. The van der Waals surface area contributed by atoms with Gasteiger partial charge >= 0.3 is 6.61 Å². The van der Waals surface area contributed by atoms with Crippen LogP contribution in [0.15, 0.2) is 42.5 Å². The quantitative estimate of drug-likeness (QED) is 0.567. The number of alkyl halides is 2. The van der Waals surface area contributed by atoms with E-state index in [4.69, 9.17) is 4.74 Å². The fourth-order valence-electron chi connectivity index (χ4n) is 2.95. The molecule has 0 saturated carbocycles. The molecule has 0 saturated heterocycles. The van der Waals surface area contributed by atoms with Crippen molar-refractivity contribution in [2.75, 3.05) is 38.2 Å². The molecular formula is C22H27F2N3O4. The SMILES string of the molecule is CCN(CCNC(=O)CNC(=O)c1ccc(OC(F)F)c(OC)c1)c1cccc(C)c1. The number of benzene rings is 2. The van der Waals surface area contributed by atoms with Crippen molar-refractivity contribution >= 4 is 17.5 Å². The van der Waals surface area contributed by atoms with Crippen LogP contribution in [0.4, 0.5) is 14.5 Å². The third-order valence-electron chi connectivity index (χ3n) is 4.50. The average Bonchev–Trinajstić information content (AvgIpc) is 2.75. The number of likely N-dealkylation sites (N-methyl/N-ethyl adjacent to an activating group) is 1. The van der Waals surface area contributed by atoms with Gasteiger partial charge in [0.2, 0.25) is 5.91 Å². The molecule has 0 aliphatic heterocycles. The largest absolute Gasteiger partial charge is 0.493 e. The van der Waals surface area contributed by atoms with Crippen LogP contribution in [-0.2, 0) is 4.79 Å². The number of nitrogens with zero attached hydrogens (tertiary/aromatic N) is 1. The molecule has 0 spiro atoms. The number of methoxy groups -OCH3 is 1. The summed E-state index contributed by atoms with van der Waals surface area (Å²) >= 11 is 0. The van der Waals surface area contributed by atoms with E-state index in [2.05, 4.69) is 26.3 Å². The molecule has 168 valence electrons. The van der Waals surface area contributed by atoms with Gasteiger partial charge in [-0.1, -0.05) is 12.1 Å². The van der Waals surface area contributed by atoms with Crippen LogP contribution in [0.5, 0.6) is 11.5 Å². The van der Waals surface area contributed by atoms with Crippen LogP contribution in [0.3, 0.4) is 0 Å². The Hall–Kier alpha value is -3.36. The molecule has 0 atom stereocenters. The Morgan fingerprint density at radius 1 is 1.10 bits per heavy atom. The Bertz CT molecular complexity index is 893. The minimum absolute atomic E-state index is 0.00629. The van der Waals surface area contributed by atoms with Gasteiger partial charge in [-0.2, -0.15) is 8.78 Å². The van der Waals surface area contributed by atoms with E-state index in [-0.39, 0.29) is 29.5 Å². The minimum Gasteiger partial charge on any atom is -0.493 e. The molecule has 0 heterocycles. The van der Waals surface area contributed by atoms with E-state index in [1.165, 1.54) is 25.3 Å². The van der Waals surface area contributed by atoms with E-state index in [1.807, 2.05) is 32.0 Å². The van der Waals surface area contributed by atoms with E-state index in [0.717, 1.165) is 17.8 Å². The van der Waals surface area contributed by atoms with Crippen molar-refractivity contribution in [3.8, 4) is 11.5 Å². The lowest BCUT2D eigenvalue weighted by atomic mass is 10.2. The van der Waals surface area contributed by atoms with Crippen molar-refractivity contribution in [2.45, 2.75) is 20.5 Å². The number of rotatable bonds is 11. The van der Waals surface area contributed by atoms with Crippen molar-refractivity contribution in [3.05, 3.63) is 53.6 Å². The van der Waals surface area contributed by atoms with Crippen LogP contribution in [0.2, 0.25) is 0 Å². The molecule has 2 aromatic carbocycles. The van der Waals surface area contributed by atoms with Crippen LogP contribution in [0.1, 0.15) is 22.8 Å². The fraction of sp³-hybridized carbons (Fsp3) is 0.364. The summed E-state index contributed by atoms with van der Waals surface area (Å²) in [5, 5.41) is 5.26. The van der Waals surface area contributed by atoms with Crippen molar-refractivity contribution in [2.24, 2.45) is 0 Å². The average molecular weight is 435 g/mol. The Morgan fingerprint density at radius 3 is 2.52 bits per heavy atom. The number of carbonyl (C=O) groups is 2. The van der Waals surface area contributed by atoms with Gasteiger partial charge in [-0.25, -0.2) is 0 Å². The highest BCUT2D eigenvalue weighted by atomic mass is 19.3. The van der Waals surface area contributed by atoms with Crippen molar-refractivity contribution < 1.29 is 27.8 Å². The summed E-state index contributed by atoms with van der Waals surface area (Å²) in [4.78, 5) is 26.5. The van der Waals surface area contributed by atoms with Crippen LogP contribution >= 0.6 is 0 Å². The van der Waals surface area contributed by atoms with Gasteiger partial charge in [-0.15, -0.1) is 0 Å². The molecule has 0 unspecified atom stereocenters. The lowest BCUT2D eigenvalue weighted by Gasteiger charge is -2.23. The Balaban J connectivity index is 1.82. The first kappa shape index (κ1) is 23.9. The van der Waals surface area contributed by atoms with Crippen LogP contribution < -0.4 is 25.0 Å². The maximum Gasteiger partial charge on any atom is 0.387 e. The monoisotopic (exact) mass is 435 g/mol. The summed E-state index contributed by atoms with van der Waals surface area (Å²) < 4.78 is 34.1. The summed E-state index contributed by atoms with van der Waals surface area (Å²) in [5.74, 6) is -1.06. The highest BCUT2D eigenvalue weighted by Crippen LogP contribution is 2.29. The molecule has 31 heavy (non-hydrogen) atoms. The molecule has 2 rings (SSSR count). The van der Waals surface area contributed by atoms with Gasteiger partial charge in [0.1, 0.15) is 0 Å². The van der Waals surface area contributed by atoms with Crippen LogP contribution in [-0.4, -0.2) is 51.7 Å². The normalized spacial score (nSPS) is 10.5. The third kappa shape index (κ3) is 7.44. The third-order valence-corrected chi connectivity index (χ3v) is 4.50. The second kappa shape index (κ2) is 11.7. The minimum atomic E-state index is -3.01. The summed E-state index contributed by atoms with van der Waals surface area (Å²) in [7, 11) is 1.28. The number of nitrogens with one attached hydrogen (secondary N) is 2. The molecule has 0 aromatic heterocycles. The van der Waals surface area contributed by atoms with Crippen LogP contribution in [0.25, 0.3) is 0 Å². The zero-order valence-corrected chi connectivity index (χ0v) is 17.8. The molecule has 2 N–H and O–H groups in total. The predicted molar refractivity (Wildman–Crippen MR) is 114 cm³/mol. The number of halogens is 2. The second-order valence-electron chi connectivity index (χ2n) is 6.70. The molecule has 0 aliphatic carbocycles. The maximum atomic E-state index is 12.4.